The van der Waals surface area contributed by atoms with Crippen molar-refractivity contribution in [2.24, 2.45) is 7.05 Å². The van der Waals surface area contributed by atoms with Crippen LogP contribution in [0, 0.1) is 0 Å². The van der Waals surface area contributed by atoms with Crippen LogP contribution in [0.3, 0.4) is 0 Å². The molecule has 0 atom stereocenters. The molecule has 0 fully saturated rings. The summed E-state index contributed by atoms with van der Waals surface area (Å²) in [4.78, 5) is 0. The number of anilines is 1. The Hall–Kier alpha value is -1.78. The molecule has 0 bridgehead atoms. The number of hydrogen-bond donors (Lipinski definition) is 1. The Labute approximate surface area is 88.7 Å². The second kappa shape index (κ2) is 4.16. The largest absolute Gasteiger partial charge is 0.366 e. The summed E-state index contributed by atoms with van der Waals surface area (Å²) in [6, 6.07) is 1.95. The van der Waals surface area contributed by atoms with E-state index < -0.39 is 0 Å². The van der Waals surface area contributed by atoms with E-state index in [1.54, 1.807) is 6.20 Å². The summed E-state index contributed by atoms with van der Waals surface area (Å²) in [5.74, 6) is 1.01. The van der Waals surface area contributed by atoms with E-state index in [4.69, 9.17) is 0 Å². The number of nitrogens with zero attached hydrogens (tertiary/aromatic N) is 4. The van der Waals surface area contributed by atoms with Crippen molar-refractivity contribution < 1.29 is 0 Å². The van der Waals surface area contributed by atoms with Crippen molar-refractivity contribution in [1.82, 2.24) is 19.6 Å². The van der Waals surface area contributed by atoms with Gasteiger partial charge >= 0.3 is 0 Å². The molecule has 80 valence electrons. The predicted molar refractivity (Wildman–Crippen MR) is 58.4 cm³/mol. The lowest BCUT2D eigenvalue weighted by molar-refractivity contribution is 0.659. The van der Waals surface area contributed by atoms with Gasteiger partial charge in [0.15, 0.2) is 0 Å². The summed E-state index contributed by atoms with van der Waals surface area (Å²) in [6.45, 7) is 3.76. The second-order valence-corrected chi connectivity index (χ2v) is 3.40. The molecule has 5 nitrogen and oxygen atoms in total. The van der Waals surface area contributed by atoms with E-state index in [9.17, 15) is 0 Å². The van der Waals surface area contributed by atoms with Gasteiger partial charge in [0.25, 0.3) is 0 Å². The Balaban J connectivity index is 1.96. The molecular weight excluding hydrogens is 190 g/mol. The predicted octanol–water partition coefficient (Wildman–Crippen LogP) is 1.25. The van der Waals surface area contributed by atoms with Crippen LogP contribution in [0.1, 0.15) is 12.5 Å². The first kappa shape index (κ1) is 9.76. The van der Waals surface area contributed by atoms with E-state index in [0.717, 1.165) is 18.9 Å². The van der Waals surface area contributed by atoms with E-state index in [1.807, 2.05) is 34.9 Å². The van der Waals surface area contributed by atoms with E-state index >= 15 is 0 Å². The van der Waals surface area contributed by atoms with E-state index in [0.29, 0.717) is 0 Å². The van der Waals surface area contributed by atoms with Crippen LogP contribution in [-0.4, -0.2) is 19.6 Å². The third-order valence-corrected chi connectivity index (χ3v) is 2.31. The third-order valence-electron chi connectivity index (χ3n) is 2.31. The summed E-state index contributed by atoms with van der Waals surface area (Å²) >= 11 is 0. The van der Waals surface area contributed by atoms with Crippen molar-refractivity contribution in [3.63, 3.8) is 0 Å². The molecule has 0 saturated heterocycles. The molecule has 0 aliphatic heterocycles. The molecule has 0 saturated carbocycles. The molecule has 2 rings (SSSR count). The number of nitrogens with one attached hydrogen (secondary N) is 1. The first-order chi connectivity index (χ1) is 7.29. The molecule has 2 aromatic heterocycles. The molecular formula is C10H15N5. The summed E-state index contributed by atoms with van der Waals surface area (Å²) in [7, 11) is 1.91. The van der Waals surface area contributed by atoms with Gasteiger partial charge in [-0.25, -0.2) is 0 Å². The van der Waals surface area contributed by atoms with Crippen molar-refractivity contribution in [2.75, 3.05) is 5.32 Å². The molecule has 0 amide bonds. The SMILES string of the molecule is CCn1cc(CNc2ccnn2C)cn1. The normalized spacial score (nSPS) is 10.5. The number of rotatable bonds is 4. The number of hydrogen-bond acceptors (Lipinski definition) is 3. The highest BCUT2D eigenvalue weighted by atomic mass is 15.3. The van der Waals surface area contributed by atoms with Crippen molar-refractivity contribution in [2.45, 2.75) is 20.0 Å². The minimum atomic E-state index is 0.777. The zero-order chi connectivity index (χ0) is 10.7. The van der Waals surface area contributed by atoms with Gasteiger partial charge in [0.1, 0.15) is 5.82 Å². The molecule has 0 unspecified atom stereocenters. The fourth-order valence-electron chi connectivity index (χ4n) is 1.41. The molecule has 1 N–H and O–H groups in total. The quantitative estimate of drug-likeness (QED) is 0.817. The fourth-order valence-corrected chi connectivity index (χ4v) is 1.41. The van der Waals surface area contributed by atoms with Crippen LogP contribution in [0.2, 0.25) is 0 Å². The zero-order valence-corrected chi connectivity index (χ0v) is 9.01. The number of aromatic nitrogens is 4. The first-order valence-corrected chi connectivity index (χ1v) is 5.03. The molecule has 2 heterocycles. The lowest BCUT2D eigenvalue weighted by atomic mass is 10.3. The molecule has 5 heteroatoms. The van der Waals surface area contributed by atoms with Crippen molar-refractivity contribution in [1.29, 1.82) is 0 Å². The Morgan fingerprint density at radius 2 is 2.27 bits per heavy atom. The Bertz CT molecular complexity index is 428. The summed E-state index contributed by atoms with van der Waals surface area (Å²) in [6.07, 6.45) is 5.70. The third kappa shape index (κ3) is 2.18. The summed E-state index contributed by atoms with van der Waals surface area (Å²) in [5.41, 5.74) is 1.18. The molecule has 0 aliphatic rings. The fraction of sp³-hybridized carbons (Fsp3) is 0.400. The van der Waals surface area contributed by atoms with Gasteiger partial charge in [-0.05, 0) is 6.92 Å². The maximum absolute atomic E-state index is 4.21. The highest BCUT2D eigenvalue weighted by molar-refractivity contribution is 5.34. The smallest absolute Gasteiger partial charge is 0.124 e. The Kier molecular flexibility index (Phi) is 2.71. The highest BCUT2D eigenvalue weighted by Crippen LogP contribution is 2.06. The monoisotopic (exact) mass is 205 g/mol. The van der Waals surface area contributed by atoms with E-state index in [-0.39, 0.29) is 0 Å². The van der Waals surface area contributed by atoms with Gasteiger partial charge in [0, 0.05) is 38.0 Å². The van der Waals surface area contributed by atoms with Crippen LogP contribution >= 0.6 is 0 Å². The molecule has 2 aromatic rings. The molecule has 15 heavy (non-hydrogen) atoms. The van der Waals surface area contributed by atoms with Gasteiger partial charge in [-0.3, -0.25) is 9.36 Å². The van der Waals surface area contributed by atoms with Crippen LogP contribution in [-0.2, 0) is 20.1 Å². The van der Waals surface area contributed by atoms with Gasteiger partial charge in [-0.2, -0.15) is 10.2 Å². The van der Waals surface area contributed by atoms with E-state index in [2.05, 4.69) is 22.4 Å². The average Bonchev–Trinajstić information content (AvgIpc) is 2.84. The topological polar surface area (TPSA) is 47.7 Å². The zero-order valence-electron chi connectivity index (χ0n) is 9.01. The maximum atomic E-state index is 4.21. The van der Waals surface area contributed by atoms with Gasteiger partial charge in [-0.15, -0.1) is 0 Å². The van der Waals surface area contributed by atoms with Crippen LogP contribution in [0.15, 0.2) is 24.7 Å². The molecule has 0 spiro atoms. The van der Waals surface area contributed by atoms with Gasteiger partial charge in [0.05, 0.1) is 12.4 Å². The summed E-state index contributed by atoms with van der Waals surface area (Å²) < 4.78 is 3.73. The second-order valence-electron chi connectivity index (χ2n) is 3.40. The lowest BCUT2D eigenvalue weighted by Gasteiger charge is -2.03. The van der Waals surface area contributed by atoms with Crippen LogP contribution < -0.4 is 5.32 Å². The first-order valence-electron chi connectivity index (χ1n) is 5.03. The maximum Gasteiger partial charge on any atom is 0.124 e. The van der Waals surface area contributed by atoms with Crippen molar-refractivity contribution in [3.05, 3.63) is 30.2 Å². The minimum Gasteiger partial charge on any atom is -0.366 e. The Morgan fingerprint density at radius 3 is 2.87 bits per heavy atom. The standard InChI is InChI=1S/C10H15N5/c1-3-15-8-9(7-13-15)6-11-10-4-5-12-14(10)2/h4-5,7-8,11H,3,6H2,1-2H3. The van der Waals surface area contributed by atoms with Crippen molar-refractivity contribution in [3.8, 4) is 0 Å². The van der Waals surface area contributed by atoms with Gasteiger partial charge in [0.2, 0.25) is 0 Å². The average molecular weight is 205 g/mol. The van der Waals surface area contributed by atoms with E-state index in [1.165, 1.54) is 5.56 Å². The van der Waals surface area contributed by atoms with Gasteiger partial charge in [-0.1, -0.05) is 0 Å². The molecule has 0 aromatic carbocycles. The van der Waals surface area contributed by atoms with Gasteiger partial charge < -0.3 is 5.32 Å². The van der Waals surface area contributed by atoms with Crippen molar-refractivity contribution >= 4 is 5.82 Å². The van der Waals surface area contributed by atoms with Crippen LogP contribution in [0.4, 0.5) is 5.82 Å². The Morgan fingerprint density at radius 1 is 1.40 bits per heavy atom. The lowest BCUT2D eigenvalue weighted by Crippen LogP contribution is -2.03. The summed E-state index contributed by atoms with van der Waals surface area (Å²) in [5, 5.41) is 11.6. The van der Waals surface area contributed by atoms with Crippen LogP contribution in [0.5, 0.6) is 0 Å². The molecule has 0 radical (unpaired) electrons. The molecule has 0 aliphatic carbocycles. The van der Waals surface area contributed by atoms with Crippen LogP contribution in [0.25, 0.3) is 0 Å². The number of aryl methyl sites for hydroxylation is 2. The highest BCUT2D eigenvalue weighted by Gasteiger charge is 1.99. The minimum absolute atomic E-state index is 0.777.